The lowest BCUT2D eigenvalue weighted by molar-refractivity contribution is -0.137. The maximum absolute atomic E-state index is 11.4. The summed E-state index contributed by atoms with van der Waals surface area (Å²) in [5, 5.41) is 2.88. The molecule has 1 aromatic rings. The fraction of sp³-hybridized carbons (Fsp3) is 0.815. The van der Waals surface area contributed by atoms with Crippen molar-refractivity contribution in [2.75, 3.05) is 54.1 Å². The molecule has 624 valence electrons. The Labute approximate surface area is 657 Å². The fourth-order valence-electron chi connectivity index (χ4n) is 9.77. The first-order valence-electron chi connectivity index (χ1n) is 38.7. The van der Waals surface area contributed by atoms with Gasteiger partial charge in [-0.3, -0.25) is 9.59 Å². The minimum atomic E-state index is -4.12. The van der Waals surface area contributed by atoms with Crippen molar-refractivity contribution in [3.8, 4) is 0 Å². The number of hydrogen-bond acceptors (Lipinski definition) is 21. The number of carbonyl (C=O) groups is 12. The molecule has 0 radical (unpaired) electrons. The first-order valence-corrected chi connectivity index (χ1v) is 46.3. The Bertz CT molecular complexity index is 2830. The molecular weight excluding hydrogens is 1480 g/mol. The van der Waals surface area contributed by atoms with Gasteiger partial charge >= 0.3 is 6.18 Å². The molecule has 18 nitrogen and oxygen atoms in total. The molecule has 3 heterocycles. The first kappa shape index (κ1) is 112. The van der Waals surface area contributed by atoms with Crippen LogP contribution < -0.4 is 0 Å². The minimum Gasteiger partial charge on any atom is -0.378 e. The number of unbranched alkanes of at least 4 members (excludes halogenated alkanes) is 2. The van der Waals surface area contributed by atoms with E-state index in [1.54, 1.807) is 85.4 Å². The highest BCUT2D eigenvalue weighted by molar-refractivity contribution is 7.99. The average Bonchev–Trinajstić information content (AvgIpc) is 1.74. The monoisotopic (exact) mass is 1620 g/mol. The Kier molecular flexibility index (Phi) is 72.9. The van der Waals surface area contributed by atoms with Crippen molar-refractivity contribution >= 4 is 124 Å². The van der Waals surface area contributed by atoms with Crippen LogP contribution >= 0.6 is 34.9 Å². The van der Waals surface area contributed by atoms with Gasteiger partial charge in [0.1, 0.15) is 90.0 Å². The highest BCUT2D eigenvalue weighted by Gasteiger charge is 2.26. The number of thiazole rings is 1. The van der Waals surface area contributed by atoms with E-state index in [4.69, 9.17) is 4.74 Å². The Hall–Kier alpha value is -3.98. The van der Waals surface area contributed by atoms with Crippen molar-refractivity contribution in [2.24, 2.45) is 29.6 Å². The van der Waals surface area contributed by atoms with E-state index in [1.807, 2.05) is 31.0 Å². The van der Waals surface area contributed by atoms with E-state index in [1.165, 1.54) is 122 Å². The molecular formula is C81H142F3NO17S5. The van der Waals surface area contributed by atoms with Crippen molar-refractivity contribution in [1.29, 1.82) is 0 Å². The van der Waals surface area contributed by atoms with E-state index in [-0.39, 0.29) is 53.3 Å². The lowest BCUT2D eigenvalue weighted by Crippen LogP contribution is -2.13. The summed E-state index contributed by atoms with van der Waals surface area (Å²) in [7, 11) is -5.97. The predicted molar refractivity (Wildman–Crippen MR) is 434 cm³/mol. The Morgan fingerprint density at radius 1 is 0.486 bits per heavy atom. The van der Waals surface area contributed by atoms with Crippen LogP contribution in [0.5, 0.6) is 0 Å². The van der Waals surface area contributed by atoms with Crippen LogP contribution in [0.1, 0.15) is 325 Å². The molecule has 7 rings (SSSR count). The number of ether oxygens (including phenoxy) is 1. The number of halogens is 3. The van der Waals surface area contributed by atoms with Gasteiger partial charge in [0, 0.05) is 107 Å². The molecule has 0 bridgehead atoms. The van der Waals surface area contributed by atoms with Gasteiger partial charge in [0.25, 0.3) is 0 Å². The second-order valence-corrected chi connectivity index (χ2v) is 36.9. The third-order valence-electron chi connectivity index (χ3n) is 16.3. The summed E-state index contributed by atoms with van der Waals surface area (Å²) < 4.78 is 81.5. The maximum atomic E-state index is 11.4. The molecule has 6 aliphatic rings. The van der Waals surface area contributed by atoms with Crippen LogP contribution in [0.4, 0.5) is 13.2 Å². The van der Waals surface area contributed by atoms with E-state index in [0.29, 0.717) is 91.0 Å². The molecule has 2 unspecified atom stereocenters. The number of ketones is 12. The number of aromatic nitrogens is 1. The molecule has 26 heteroatoms. The standard InChI is InChI=1S/C8H14O2.C8H14O.C7H9NOS.C7H12OS.2C7H12O.C7H14O.C6H9F3O.2C6H12O3S.C6H12OS.C6H10O/c1-7(9)4-5-8-3-2-6-10-8;1-7(9)5-6-8-3-2-4-8;1-5-4-10-7(8-5)3-6(2)9;1-6(8)4-7-2-3-9-5-7;1-6(8)2-3-7-4-5-7;1-6(8)5-7-3-2-4-7;1-3-4-5-6-7(2)8;1-5(10)3-2-4-6(7,8)9;1-6(7)4-3-5-10(2,8)9;1-3-4-6(7)5-10(2,8)9;1-6(7)4-3-5-8-2;1-5(7)4-6-2-3-6/h8H,2-6H2,1H3;8H,2-6H2,1H3;4H,3H2,1-2H3;7H,2-5H2,1H3;2*7H,2-5H2,1H3;3-6H2,1-2H3;2-4H2,1H3;2*3-5H2,1-2H3;3-5H2,1-2H3;6H,2-4H2,1H3. The third-order valence-corrected chi connectivity index (χ3v) is 21.1. The van der Waals surface area contributed by atoms with Crippen LogP contribution in [0.2, 0.25) is 0 Å². The second kappa shape index (κ2) is 69.9. The topological polar surface area (TPSA) is 295 Å². The van der Waals surface area contributed by atoms with Crippen LogP contribution in [0.15, 0.2) is 5.38 Å². The Morgan fingerprint density at radius 2 is 0.916 bits per heavy atom. The van der Waals surface area contributed by atoms with Crippen molar-refractivity contribution in [3.05, 3.63) is 16.1 Å². The van der Waals surface area contributed by atoms with Gasteiger partial charge in [-0.05, 0) is 220 Å². The number of alkyl halides is 3. The van der Waals surface area contributed by atoms with Crippen molar-refractivity contribution in [1.82, 2.24) is 4.98 Å². The molecule has 1 aromatic heterocycles. The molecule has 2 atom stereocenters. The summed E-state index contributed by atoms with van der Waals surface area (Å²) in [5.74, 6) is 9.92. The molecule has 6 fully saturated rings. The molecule has 0 aromatic carbocycles. The van der Waals surface area contributed by atoms with Crippen LogP contribution in [0.3, 0.4) is 0 Å². The van der Waals surface area contributed by atoms with Crippen molar-refractivity contribution in [2.45, 2.75) is 340 Å². The van der Waals surface area contributed by atoms with Crippen LogP contribution in [-0.2, 0) is 88.4 Å². The SMILES string of the molecule is CC(=O)CC1CC1.CC(=O)CC1CCC1.CC(=O)CC1CCSC1.CC(=O)CCC1CC1.CC(=O)CCC1CCC1.CC(=O)CCC1CCCO1.CC(=O)CCCC(F)(F)F.CC(=O)CCCS(C)(=O)=O.CC(=O)Cc1nc(C)cs1.CCCC(=O)CS(C)(=O)=O.CCCCCC(C)=O.CSCCCC(C)=O. The van der Waals surface area contributed by atoms with Gasteiger partial charge in [0.15, 0.2) is 9.84 Å². The molecule has 2 aliphatic heterocycles. The lowest BCUT2D eigenvalue weighted by atomic mass is 9.82. The second-order valence-electron chi connectivity index (χ2n) is 29.5. The number of hydrogen-bond donors (Lipinski definition) is 0. The van der Waals surface area contributed by atoms with Gasteiger partial charge in [-0.2, -0.15) is 36.7 Å². The average molecular weight is 1620 g/mol. The van der Waals surface area contributed by atoms with Crippen molar-refractivity contribution in [3.63, 3.8) is 0 Å². The van der Waals surface area contributed by atoms with E-state index in [2.05, 4.69) is 18.2 Å². The van der Waals surface area contributed by atoms with E-state index in [0.717, 1.165) is 136 Å². The number of nitrogens with zero attached hydrogens (tertiary/aromatic N) is 1. The number of sulfone groups is 2. The third kappa shape index (κ3) is 102. The quantitative estimate of drug-likeness (QED) is 0.0564. The Balaban J connectivity index is -0.000000354. The van der Waals surface area contributed by atoms with E-state index < -0.39 is 32.3 Å². The maximum Gasteiger partial charge on any atom is 0.389 e. The fourth-order valence-corrected chi connectivity index (χ4v) is 13.7. The molecule has 4 saturated carbocycles. The summed E-state index contributed by atoms with van der Waals surface area (Å²) in [6.45, 7) is 24.4. The van der Waals surface area contributed by atoms with Gasteiger partial charge in [-0.15, -0.1) is 11.3 Å². The lowest BCUT2D eigenvalue weighted by Gasteiger charge is -2.24. The summed E-state index contributed by atoms with van der Waals surface area (Å²) in [6.07, 6.45) is 33.0. The zero-order valence-corrected chi connectivity index (χ0v) is 72.9. The number of carbonyl (C=O) groups excluding carboxylic acids is 12. The molecule has 0 spiro atoms. The van der Waals surface area contributed by atoms with E-state index in [9.17, 15) is 87.5 Å². The summed E-state index contributed by atoms with van der Waals surface area (Å²) in [6, 6.07) is 0. The van der Waals surface area contributed by atoms with Crippen LogP contribution in [0.25, 0.3) is 0 Å². The highest BCUT2D eigenvalue weighted by atomic mass is 32.2. The highest BCUT2D eigenvalue weighted by Crippen LogP contribution is 2.34. The number of Topliss-reactive ketones (excluding diaryl/α,β-unsaturated/α-hetero) is 12. The smallest absolute Gasteiger partial charge is 0.378 e. The van der Waals surface area contributed by atoms with Gasteiger partial charge < -0.3 is 52.7 Å². The Morgan fingerprint density at radius 3 is 1.23 bits per heavy atom. The normalized spacial score (nSPS) is 15.9. The molecule has 107 heavy (non-hydrogen) atoms. The zero-order chi connectivity index (χ0) is 83.0. The summed E-state index contributed by atoms with van der Waals surface area (Å²) in [5.41, 5.74) is 1.00. The summed E-state index contributed by atoms with van der Waals surface area (Å²) >= 11 is 5.31. The molecule has 4 aliphatic carbocycles. The van der Waals surface area contributed by atoms with Gasteiger partial charge in [0.2, 0.25) is 0 Å². The van der Waals surface area contributed by atoms with Gasteiger partial charge in [0.05, 0.1) is 18.3 Å². The van der Waals surface area contributed by atoms with Crippen molar-refractivity contribution < 1.29 is 92.3 Å². The predicted octanol–water partition coefficient (Wildman–Crippen LogP) is 18.9. The van der Waals surface area contributed by atoms with Gasteiger partial charge in [-0.25, -0.2) is 21.8 Å². The minimum absolute atomic E-state index is 0.0273. The van der Waals surface area contributed by atoms with Gasteiger partial charge in [-0.1, -0.05) is 78.1 Å². The number of rotatable bonds is 36. The molecule has 0 amide bonds. The largest absolute Gasteiger partial charge is 0.389 e. The first-order chi connectivity index (χ1) is 49.7. The van der Waals surface area contributed by atoms with Crippen LogP contribution in [0, 0.1) is 36.5 Å². The molecule has 2 saturated heterocycles. The zero-order valence-electron chi connectivity index (χ0n) is 68.8. The number of thioether (sulfide) groups is 2. The van der Waals surface area contributed by atoms with Crippen LogP contribution in [-0.4, -0.2) is 158 Å². The summed E-state index contributed by atoms with van der Waals surface area (Å²) in [4.78, 5) is 129. The molecule has 0 N–H and O–H groups in total. The van der Waals surface area contributed by atoms with E-state index >= 15 is 0 Å². The number of aryl methyl sites for hydroxylation is 1.